The summed E-state index contributed by atoms with van der Waals surface area (Å²) in [7, 11) is 1.45. The van der Waals surface area contributed by atoms with Gasteiger partial charge in [-0.1, -0.05) is 0 Å². The van der Waals surface area contributed by atoms with Crippen molar-refractivity contribution < 1.29 is 14.6 Å². The molecular formula is C10H8N2O4. The zero-order valence-corrected chi connectivity index (χ0v) is 8.41. The summed E-state index contributed by atoms with van der Waals surface area (Å²) in [4.78, 5) is 25.9. The van der Waals surface area contributed by atoms with Crippen molar-refractivity contribution >= 4 is 22.9 Å². The molecule has 0 spiro atoms. The summed E-state index contributed by atoms with van der Waals surface area (Å²) in [5.41, 5.74) is 0.931. The van der Waals surface area contributed by atoms with Gasteiger partial charge in [-0.15, -0.1) is 0 Å². The molecule has 0 aliphatic rings. The maximum atomic E-state index is 10.8. The highest BCUT2D eigenvalue weighted by molar-refractivity contribution is 5.98. The maximum absolute atomic E-state index is 10.8. The highest BCUT2D eigenvalue weighted by Crippen LogP contribution is 2.24. The quantitative estimate of drug-likeness (QED) is 0.445. The smallest absolute Gasteiger partial charge is 0.270 e. The second-order valence-corrected chi connectivity index (χ2v) is 3.17. The van der Waals surface area contributed by atoms with Crippen molar-refractivity contribution in [3.05, 3.63) is 40.1 Å². The molecule has 6 heteroatoms. The minimum Gasteiger partial charge on any atom is -0.417 e. The SMILES string of the molecule is COn1cc(C=O)c2cc([N+](=O)[O-])ccc21. The number of carbonyl (C=O) groups is 1. The molecule has 0 atom stereocenters. The van der Waals surface area contributed by atoms with E-state index in [0.29, 0.717) is 22.8 Å². The van der Waals surface area contributed by atoms with Crippen LogP contribution >= 0.6 is 0 Å². The molecule has 6 nitrogen and oxygen atoms in total. The molecule has 0 aliphatic carbocycles. The maximum Gasteiger partial charge on any atom is 0.270 e. The summed E-state index contributed by atoms with van der Waals surface area (Å²) < 4.78 is 1.39. The van der Waals surface area contributed by atoms with E-state index < -0.39 is 4.92 Å². The van der Waals surface area contributed by atoms with Gasteiger partial charge in [-0.2, -0.15) is 4.73 Å². The van der Waals surface area contributed by atoms with Gasteiger partial charge in [-0.3, -0.25) is 14.9 Å². The number of benzene rings is 1. The first kappa shape index (κ1) is 10.2. The van der Waals surface area contributed by atoms with Crippen molar-refractivity contribution in [3.8, 4) is 0 Å². The van der Waals surface area contributed by atoms with Gasteiger partial charge in [0.2, 0.25) is 0 Å². The monoisotopic (exact) mass is 220 g/mol. The second-order valence-electron chi connectivity index (χ2n) is 3.17. The van der Waals surface area contributed by atoms with E-state index in [9.17, 15) is 14.9 Å². The van der Waals surface area contributed by atoms with Crippen LogP contribution in [-0.4, -0.2) is 23.0 Å². The Labute approximate surface area is 90.1 Å². The van der Waals surface area contributed by atoms with E-state index in [1.54, 1.807) is 6.07 Å². The fraction of sp³-hybridized carbons (Fsp3) is 0.100. The Kier molecular flexibility index (Phi) is 2.32. The van der Waals surface area contributed by atoms with Gasteiger partial charge in [0.25, 0.3) is 5.69 Å². The average Bonchev–Trinajstić information content (AvgIpc) is 2.65. The lowest BCUT2D eigenvalue weighted by molar-refractivity contribution is -0.384. The van der Waals surface area contributed by atoms with Crippen LogP contribution in [0.1, 0.15) is 10.4 Å². The largest absolute Gasteiger partial charge is 0.417 e. The van der Waals surface area contributed by atoms with E-state index in [0.717, 1.165) is 0 Å². The lowest BCUT2D eigenvalue weighted by atomic mass is 10.2. The predicted molar refractivity (Wildman–Crippen MR) is 56.5 cm³/mol. The molecule has 1 aromatic carbocycles. The van der Waals surface area contributed by atoms with Crippen molar-refractivity contribution in [1.29, 1.82) is 0 Å². The second kappa shape index (κ2) is 3.65. The normalized spacial score (nSPS) is 10.3. The highest BCUT2D eigenvalue weighted by atomic mass is 16.6. The first-order valence-electron chi connectivity index (χ1n) is 4.46. The Morgan fingerprint density at radius 1 is 1.50 bits per heavy atom. The number of rotatable bonds is 3. The minimum atomic E-state index is -0.502. The summed E-state index contributed by atoms with van der Waals surface area (Å²) in [6.45, 7) is 0. The number of nitro benzene ring substituents is 1. The molecule has 0 saturated heterocycles. The van der Waals surface area contributed by atoms with Crippen LogP contribution in [-0.2, 0) is 0 Å². The number of fused-ring (bicyclic) bond motifs is 1. The van der Waals surface area contributed by atoms with Gasteiger partial charge in [0.1, 0.15) is 7.11 Å². The Bertz CT molecular complexity index is 573. The molecule has 0 unspecified atom stereocenters. The van der Waals surface area contributed by atoms with Crippen LogP contribution in [0.15, 0.2) is 24.4 Å². The molecule has 0 N–H and O–H groups in total. The third-order valence-electron chi connectivity index (χ3n) is 2.32. The summed E-state index contributed by atoms with van der Waals surface area (Å²) in [5.74, 6) is 0. The number of hydrogen-bond donors (Lipinski definition) is 0. The lowest BCUT2D eigenvalue weighted by Gasteiger charge is -2.00. The Hall–Kier alpha value is -2.37. The molecule has 2 aromatic rings. The summed E-state index contributed by atoms with van der Waals surface area (Å²) >= 11 is 0. The molecule has 2 rings (SSSR count). The van der Waals surface area contributed by atoms with E-state index in [1.807, 2.05) is 0 Å². The first-order chi connectivity index (χ1) is 7.67. The Morgan fingerprint density at radius 3 is 2.81 bits per heavy atom. The number of carbonyl (C=O) groups excluding carboxylic acids is 1. The van der Waals surface area contributed by atoms with Gasteiger partial charge in [0, 0.05) is 23.1 Å². The summed E-state index contributed by atoms with van der Waals surface area (Å²) in [6, 6.07) is 4.27. The number of aldehydes is 1. The van der Waals surface area contributed by atoms with Crippen LogP contribution in [0, 0.1) is 10.1 Å². The van der Waals surface area contributed by atoms with Gasteiger partial charge in [0.15, 0.2) is 6.29 Å². The number of aromatic nitrogens is 1. The van der Waals surface area contributed by atoms with Crippen molar-refractivity contribution in [2.75, 3.05) is 7.11 Å². The first-order valence-corrected chi connectivity index (χ1v) is 4.46. The molecule has 0 fully saturated rings. The fourth-order valence-electron chi connectivity index (χ4n) is 1.57. The molecule has 0 amide bonds. The third-order valence-corrected chi connectivity index (χ3v) is 2.32. The van der Waals surface area contributed by atoms with Crippen LogP contribution in [0.5, 0.6) is 0 Å². The summed E-state index contributed by atoms with van der Waals surface area (Å²) in [6.07, 6.45) is 2.13. The highest BCUT2D eigenvalue weighted by Gasteiger charge is 2.13. The Morgan fingerprint density at radius 2 is 2.25 bits per heavy atom. The van der Waals surface area contributed by atoms with Crippen molar-refractivity contribution in [1.82, 2.24) is 4.73 Å². The van der Waals surface area contributed by atoms with Crippen molar-refractivity contribution in [2.45, 2.75) is 0 Å². The van der Waals surface area contributed by atoms with Gasteiger partial charge in [0.05, 0.1) is 16.6 Å². The van der Waals surface area contributed by atoms with Gasteiger partial charge in [-0.05, 0) is 6.07 Å². The molecule has 82 valence electrons. The zero-order chi connectivity index (χ0) is 11.7. The molecule has 0 saturated carbocycles. The van der Waals surface area contributed by atoms with E-state index in [1.165, 1.54) is 30.2 Å². The standard InChI is InChI=1S/C10H8N2O4/c1-16-11-5-7(6-13)9-4-8(12(14)15)2-3-10(9)11/h2-6H,1H3. The predicted octanol–water partition coefficient (Wildman–Crippen LogP) is 1.42. The van der Waals surface area contributed by atoms with Crippen molar-refractivity contribution in [3.63, 3.8) is 0 Å². The molecule has 0 aliphatic heterocycles. The molecule has 0 radical (unpaired) electrons. The van der Waals surface area contributed by atoms with Gasteiger partial charge in [-0.25, -0.2) is 0 Å². The number of non-ortho nitro benzene ring substituents is 1. The van der Waals surface area contributed by atoms with E-state index >= 15 is 0 Å². The summed E-state index contributed by atoms with van der Waals surface area (Å²) in [5, 5.41) is 11.1. The van der Waals surface area contributed by atoms with Crippen LogP contribution in [0.3, 0.4) is 0 Å². The van der Waals surface area contributed by atoms with E-state index in [2.05, 4.69) is 0 Å². The minimum absolute atomic E-state index is 0.0514. The topological polar surface area (TPSA) is 74.4 Å². The van der Waals surface area contributed by atoms with Crippen LogP contribution < -0.4 is 4.84 Å². The van der Waals surface area contributed by atoms with Crippen LogP contribution in [0.2, 0.25) is 0 Å². The van der Waals surface area contributed by atoms with Crippen molar-refractivity contribution in [2.24, 2.45) is 0 Å². The molecule has 1 heterocycles. The number of hydrogen-bond acceptors (Lipinski definition) is 4. The fourth-order valence-corrected chi connectivity index (χ4v) is 1.57. The van der Waals surface area contributed by atoms with E-state index in [-0.39, 0.29) is 5.69 Å². The molecule has 1 aromatic heterocycles. The third kappa shape index (κ3) is 1.40. The van der Waals surface area contributed by atoms with E-state index in [4.69, 9.17) is 4.84 Å². The molecule has 16 heavy (non-hydrogen) atoms. The Balaban J connectivity index is 2.76. The van der Waals surface area contributed by atoms with Crippen LogP contribution in [0.4, 0.5) is 5.69 Å². The number of nitro groups is 1. The lowest BCUT2D eigenvalue weighted by Crippen LogP contribution is -2.02. The molecule has 0 bridgehead atoms. The number of nitrogens with zero attached hydrogens (tertiary/aromatic N) is 2. The van der Waals surface area contributed by atoms with Gasteiger partial charge >= 0.3 is 0 Å². The van der Waals surface area contributed by atoms with Crippen LogP contribution in [0.25, 0.3) is 10.9 Å². The average molecular weight is 220 g/mol. The zero-order valence-electron chi connectivity index (χ0n) is 8.41. The molecular weight excluding hydrogens is 212 g/mol. The van der Waals surface area contributed by atoms with Gasteiger partial charge < -0.3 is 4.84 Å².